The molecule has 0 spiro atoms. The minimum atomic E-state index is -1.21. The zero-order valence-electron chi connectivity index (χ0n) is 15.1. The van der Waals surface area contributed by atoms with E-state index in [0.717, 1.165) is 31.6 Å². The Morgan fingerprint density at radius 3 is 1.96 bits per heavy atom. The number of benzene rings is 2. The lowest BCUT2D eigenvalue weighted by atomic mass is 10.2. The maximum Gasteiger partial charge on any atom is 0.233 e. The third-order valence-corrected chi connectivity index (χ3v) is 4.42. The molecule has 8 nitrogen and oxygen atoms in total. The van der Waals surface area contributed by atoms with Crippen molar-refractivity contribution < 1.29 is 9.90 Å². The van der Waals surface area contributed by atoms with Gasteiger partial charge in [-0.2, -0.15) is 15.0 Å². The minimum absolute atomic E-state index is 0.116. The molecule has 0 radical (unpaired) electrons. The van der Waals surface area contributed by atoms with E-state index in [1.165, 1.54) is 12.1 Å². The molecule has 8 heteroatoms. The van der Waals surface area contributed by atoms with E-state index in [4.69, 9.17) is 0 Å². The van der Waals surface area contributed by atoms with Gasteiger partial charge >= 0.3 is 0 Å². The second-order valence-corrected chi connectivity index (χ2v) is 6.46. The number of nitrogens with one attached hydrogen (secondary N) is 2. The smallest absolute Gasteiger partial charge is 0.233 e. The molecule has 4 rings (SSSR count). The molecule has 0 unspecified atom stereocenters. The van der Waals surface area contributed by atoms with Crippen LogP contribution >= 0.6 is 0 Å². The highest BCUT2D eigenvalue weighted by Crippen LogP contribution is 2.22. The van der Waals surface area contributed by atoms with Gasteiger partial charge in [-0.05, 0) is 42.7 Å². The largest absolute Gasteiger partial charge is 0.545 e. The van der Waals surface area contributed by atoms with Crippen molar-refractivity contribution in [2.45, 2.75) is 12.8 Å². The van der Waals surface area contributed by atoms with Gasteiger partial charge in [-0.15, -0.1) is 0 Å². The second kappa shape index (κ2) is 7.91. The first-order chi connectivity index (χ1) is 13.7. The molecule has 1 fully saturated rings. The van der Waals surface area contributed by atoms with Crippen molar-refractivity contribution in [3.8, 4) is 0 Å². The topological polar surface area (TPSA) is 106 Å². The van der Waals surface area contributed by atoms with Gasteiger partial charge < -0.3 is 25.4 Å². The third-order valence-electron chi connectivity index (χ3n) is 4.42. The summed E-state index contributed by atoms with van der Waals surface area (Å²) in [6.07, 6.45) is 2.22. The van der Waals surface area contributed by atoms with E-state index in [9.17, 15) is 9.90 Å². The van der Waals surface area contributed by atoms with Crippen molar-refractivity contribution in [1.82, 2.24) is 15.0 Å². The highest BCUT2D eigenvalue weighted by molar-refractivity contribution is 5.86. The zero-order chi connectivity index (χ0) is 19.3. The highest BCUT2D eigenvalue weighted by Gasteiger charge is 2.17. The number of carboxylic acids is 1. The predicted octanol–water partition coefficient (Wildman–Crippen LogP) is 2.32. The van der Waals surface area contributed by atoms with Gasteiger partial charge in [0, 0.05) is 24.5 Å². The van der Waals surface area contributed by atoms with Crippen LogP contribution in [0.4, 0.5) is 29.2 Å². The molecule has 2 heterocycles. The molecular weight excluding hydrogens is 356 g/mol. The number of aromatic carboxylic acids is 1. The molecule has 2 N–H and O–H groups in total. The van der Waals surface area contributed by atoms with Crippen molar-refractivity contribution in [2.24, 2.45) is 0 Å². The maximum atomic E-state index is 10.9. The lowest BCUT2D eigenvalue weighted by Gasteiger charge is -2.17. The Bertz CT molecular complexity index is 956. The summed E-state index contributed by atoms with van der Waals surface area (Å²) in [5.41, 5.74) is 1.67. The first-order valence-electron chi connectivity index (χ1n) is 9.09. The number of aromatic nitrogens is 3. The standard InChI is InChI=1S/C20H20N6O2/c27-17(28)14-8-10-16(11-9-14)22-19-23-18(21-15-6-2-1-3-7-15)24-20(25-19)26-12-4-5-13-26/h1-3,6-11H,4-5,12-13H2,(H,27,28)(H2,21,22,23,24,25)/p-1. The van der Waals surface area contributed by atoms with Gasteiger partial charge in [-0.3, -0.25) is 0 Å². The number of carbonyl (C=O) groups excluding carboxylic acids is 1. The molecule has 2 aromatic carbocycles. The minimum Gasteiger partial charge on any atom is -0.545 e. The van der Waals surface area contributed by atoms with Gasteiger partial charge in [-0.25, -0.2) is 0 Å². The quantitative estimate of drug-likeness (QED) is 0.676. The number of carboxylic acid groups (broad SMARTS) is 1. The van der Waals surface area contributed by atoms with Gasteiger partial charge in [0.2, 0.25) is 17.8 Å². The molecule has 0 atom stereocenters. The van der Waals surface area contributed by atoms with Gasteiger partial charge in [0.25, 0.3) is 0 Å². The summed E-state index contributed by atoms with van der Waals surface area (Å²) >= 11 is 0. The summed E-state index contributed by atoms with van der Waals surface area (Å²) in [5.74, 6) is 0.227. The third kappa shape index (κ3) is 4.17. The number of anilines is 5. The Balaban J connectivity index is 1.62. The lowest BCUT2D eigenvalue weighted by molar-refractivity contribution is -0.255. The summed E-state index contributed by atoms with van der Waals surface area (Å²) in [5, 5.41) is 17.2. The zero-order valence-corrected chi connectivity index (χ0v) is 15.1. The Labute approximate surface area is 162 Å². The molecule has 1 aliphatic heterocycles. The van der Waals surface area contributed by atoms with Crippen LogP contribution in [0.15, 0.2) is 54.6 Å². The van der Waals surface area contributed by atoms with Crippen LogP contribution in [0.25, 0.3) is 0 Å². The molecule has 1 aliphatic rings. The summed E-state index contributed by atoms with van der Waals surface area (Å²) in [4.78, 5) is 26.6. The Hall–Kier alpha value is -3.68. The van der Waals surface area contributed by atoms with E-state index in [-0.39, 0.29) is 5.56 Å². The van der Waals surface area contributed by atoms with Crippen LogP contribution < -0.4 is 20.6 Å². The van der Waals surface area contributed by atoms with Crippen LogP contribution in [0.5, 0.6) is 0 Å². The molecule has 1 saturated heterocycles. The predicted molar refractivity (Wildman–Crippen MR) is 105 cm³/mol. The van der Waals surface area contributed by atoms with Crippen molar-refractivity contribution in [3.63, 3.8) is 0 Å². The summed E-state index contributed by atoms with van der Waals surface area (Å²) in [7, 11) is 0. The van der Waals surface area contributed by atoms with Crippen molar-refractivity contribution in [3.05, 3.63) is 60.2 Å². The number of hydrogen-bond acceptors (Lipinski definition) is 8. The van der Waals surface area contributed by atoms with Crippen LogP contribution in [0.1, 0.15) is 23.2 Å². The van der Waals surface area contributed by atoms with Crippen LogP contribution in [-0.4, -0.2) is 34.0 Å². The van der Waals surface area contributed by atoms with Gasteiger partial charge in [0.1, 0.15) is 0 Å². The fraction of sp³-hybridized carbons (Fsp3) is 0.200. The van der Waals surface area contributed by atoms with Crippen molar-refractivity contribution >= 4 is 35.2 Å². The van der Waals surface area contributed by atoms with E-state index in [1.807, 2.05) is 30.3 Å². The number of hydrogen-bond donors (Lipinski definition) is 2. The Morgan fingerprint density at radius 1 is 0.821 bits per heavy atom. The Kier molecular flexibility index (Phi) is 5.01. The van der Waals surface area contributed by atoms with E-state index in [1.54, 1.807) is 12.1 Å². The number of para-hydroxylation sites is 1. The number of carbonyl (C=O) groups is 1. The van der Waals surface area contributed by atoms with Crippen LogP contribution in [0.2, 0.25) is 0 Å². The molecule has 1 aromatic heterocycles. The number of nitrogens with zero attached hydrogens (tertiary/aromatic N) is 4. The Morgan fingerprint density at radius 2 is 1.39 bits per heavy atom. The summed E-state index contributed by atoms with van der Waals surface area (Å²) in [6.45, 7) is 1.82. The first kappa shape index (κ1) is 17.7. The summed E-state index contributed by atoms with van der Waals surface area (Å²) in [6, 6.07) is 15.9. The maximum absolute atomic E-state index is 10.9. The van der Waals surface area contributed by atoms with Gasteiger partial charge in [-0.1, -0.05) is 30.3 Å². The molecule has 142 valence electrons. The van der Waals surface area contributed by atoms with Crippen molar-refractivity contribution in [2.75, 3.05) is 28.6 Å². The first-order valence-corrected chi connectivity index (χ1v) is 9.09. The highest BCUT2D eigenvalue weighted by atomic mass is 16.4. The van der Waals surface area contributed by atoms with Crippen LogP contribution in [-0.2, 0) is 0 Å². The molecule has 3 aromatic rings. The fourth-order valence-corrected chi connectivity index (χ4v) is 3.00. The fourth-order valence-electron chi connectivity index (χ4n) is 3.00. The molecular formula is C20H19N6O2-. The van der Waals surface area contributed by atoms with E-state index >= 15 is 0 Å². The molecule has 0 aliphatic carbocycles. The average molecular weight is 375 g/mol. The number of rotatable bonds is 6. The molecule has 0 amide bonds. The van der Waals surface area contributed by atoms with Crippen molar-refractivity contribution in [1.29, 1.82) is 0 Å². The summed E-state index contributed by atoms with van der Waals surface area (Å²) < 4.78 is 0. The van der Waals surface area contributed by atoms with Gasteiger partial charge in [0.05, 0.1) is 5.97 Å². The van der Waals surface area contributed by atoms with E-state index in [2.05, 4.69) is 30.5 Å². The lowest BCUT2D eigenvalue weighted by Crippen LogP contribution is -2.22. The average Bonchev–Trinajstić information content (AvgIpc) is 3.24. The van der Waals surface area contributed by atoms with Crippen LogP contribution in [0.3, 0.4) is 0 Å². The second-order valence-electron chi connectivity index (χ2n) is 6.46. The molecule has 28 heavy (non-hydrogen) atoms. The van der Waals surface area contributed by atoms with Crippen LogP contribution in [0, 0.1) is 0 Å². The molecule has 0 bridgehead atoms. The normalized spacial score (nSPS) is 13.4. The van der Waals surface area contributed by atoms with E-state index in [0.29, 0.717) is 23.5 Å². The van der Waals surface area contributed by atoms with E-state index < -0.39 is 5.97 Å². The van der Waals surface area contributed by atoms with Gasteiger partial charge in [0.15, 0.2) is 0 Å². The molecule has 0 saturated carbocycles. The monoisotopic (exact) mass is 375 g/mol. The SMILES string of the molecule is O=C([O-])c1ccc(Nc2nc(Nc3ccccc3)nc(N3CCCC3)n2)cc1.